The minimum absolute atomic E-state index is 0.145. The molecule has 0 aliphatic carbocycles. The summed E-state index contributed by atoms with van der Waals surface area (Å²) in [5, 5.41) is 1.15. The molecule has 6 nitrogen and oxygen atoms in total. The zero-order chi connectivity index (χ0) is 18.5. The maximum absolute atomic E-state index is 5.64. The number of rotatable bonds is 5. The van der Waals surface area contributed by atoms with E-state index in [2.05, 4.69) is 52.0 Å². The molecule has 3 aliphatic rings. The van der Waals surface area contributed by atoms with Crippen LogP contribution in [0.2, 0.25) is 0 Å². The van der Waals surface area contributed by atoms with Crippen LogP contribution in [0, 0.1) is 0 Å². The number of para-hydroxylation sites is 1. The van der Waals surface area contributed by atoms with Gasteiger partial charge in [0.05, 0.1) is 26.4 Å². The molecule has 0 bridgehead atoms. The predicted octanol–water partition coefficient (Wildman–Crippen LogP) is 2.32. The highest BCUT2D eigenvalue weighted by molar-refractivity contribution is 8.14. The van der Waals surface area contributed by atoms with Crippen LogP contribution in [-0.4, -0.2) is 85.7 Å². The Kier molecular flexibility index (Phi) is 6.68. The third-order valence-electron chi connectivity index (χ3n) is 5.29. The molecule has 148 valence electrons. The number of thioether (sulfide) groups is 1. The fraction of sp³-hybridized carbons (Fsp3) is 0.650. The molecular weight excluding hydrogens is 360 g/mol. The van der Waals surface area contributed by atoms with E-state index in [1.165, 1.54) is 5.69 Å². The molecular formula is C20H30N4O2S. The Morgan fingerprint density at radius 2 is 1.59 bits per heavy atom. The van der Waals surface area contributed by atoms with E-state index in [0.29, 0.717) is 0 Å². The lowest BCUT2D eigenvalue weighted by molar-refractivity contribution is -0.0273. The van der Waals surface area contributed by atoms with Crippen molar-refractivity contribution in [1.82, 2.24) is 9.80 Å². The Labute approximate surface area is 166 Å². The van der Waals surface area contributed by atoms with Gasteiger partial charge < -0.3 is 14.4 Å². The predicted molar refractivity (Wildman–Crippen MR) is 111 cm³/mol. The lowest BCUT2D eigenvalue weighted by Crippen LogP contribution is -2.60. The number of benzene rings is 1. The van der Waals surface area contributed by atoms with Gasteiger partial charge in [0.1, 0.15) is 12.3 Å². The van der Waals surface area contributed by atoms with Crippen LogP contribution in [0.25, 0.3) is 0 Å². The number of anilines is 1. The van der Waals surface area contributed by atoms with E-state index in [9.17, 15) is 0 Å². The fourth-order valence-electron chi connectivity index (χ4n) is 3.95. The topological polar surface area (TPSA) is 40.5 Å². The lowest BCUT2D eigenvalue weighted by atomic mass is 10.2. The summed E-state index contributed by atoms with van der Waals surface area (Å²) in [6.45, 7) is 9.22. The summed E-state index contributed by atoms with van der Waals surface area (Å²) in [5.41, 5.74) is 1.23. The Morgan fingerprint density at radius 3 is 2.22 bits per heavy atom. The van der Waals surface area contributed by atoms with Gasteiger partial charge in [-0.25, -0.2) is 4.99 Å². The van der Waals surface area contributed by atoms with E-state index in [1.54, 1.807) is 0 Å². The molecule has 27 heavy (non-hydrogen) atoms. The summed E-state index contributed by atoms with van der Waals surface area (Å²) in [4.78, 5) is 12.8. The van der Waals surface area contributed by atoms with Gasteiger partial charge >= 0.3 is 0 Å². The monoisotopic (exact) mass is 390 g/mol. The minimum Gasteiger partial charge on any atom is -0.379 e. The second-order valence-corrected chi connectivity index (χ2v) is 8.15. The van der Waals surface area contributed by atoms with Crippen LogP contribution in [0.15, 0.2) is 35.3 Å². The van der Waals surface area contributed by atoms with E-state index in [0.717, 1.165) is 69.9 Å². The number of hydrogen-bond donors (Lipinski definition) is 0. The third-order valence-corrected chi connectivity index (χ3v) is 6.46. The number of amidine groups is 1. The van der Waals surface area contributed by atoms with Crippen molar-refractivity contribution in [3.05, 3.63) is 30.3 Å². The number of morpholine rings is 2. The number of ether oxygens (including phenoxy) is 2. The SMILES string of the molecule is CCCSC1=N[C@@H](N2CCOCC2)[C@H](N2CCOCC2)N1c1ccccc1. The van der Waals surface area contributed by atoms with Gasteiger partial charge in [-0.2, -0.15) is 0 Å². The van der Waals surface area contributed by atoms with Crippen LogP contribution in [-0.2, 0) is 9.47 Å². The Bertz CT molecular complexity index is 618. The maximum atomic E-state index is 5.64. The molecule has 2 saturated heterocycles. The first kappa shape index (κ1) is 19.2. The van der Waals surface area contributed by atoms with Crippen LogP contribution in [0.1, 0.15) is 13.3 Å². The number of nitrogens with zero attached hydrogens (tertiary/aromatic N) is 4. The summed E-state index contributed by atoms with van der Waals surface area (Å²) >= 11 is 1.88. The summed E-state index contributed by atoms with van der Waals surface area (Å²) in [6.07, 6.45) is 1.51. The van der Waals surface area contributed by atoms with Crippen molar-refractivity contribution in [3.8, 4) is 0 Å². The van der Waals surface area contributed by atoms with Gasteiger partial charge in [-0.15, -0.1) is 0 Å². The second kappa shape index (κ2) is 9.39. The quantitative estimate of drug-likeness (QED) is 0.769. The van der Waals surface area contributed by atoms with Crippen molar-refractivity contribution in [3.63, 3.8) is 0 Å². The zero-order valence-corrected chi connectivity index (χ0v) is 16.9. The van der Waals surface area contributed by atoms with Crippen molar-refractivity contribution in [1.29, 1.82) is 0 Å². The van der Waals surface area contributed by atoms with Crippen molar-refractivity contribution in [2.75, 3.05) is 63.3 Å². The van der Waals surface area contributed by atoms with Crippen LogP contribution >= 0.6 is 11.8 Å². The lowest BCUT2D eigenvalue weighted by Gasteiger charge is -2.43. The van der Waals surface area contributed by atoms with Gasteiger partial charge in [-0.05, 0) is 18.6 Å². The maximum Gasteiger partial charge on any atom is 0.166 e. The largest absolute Gasteiger partial charge is 0.379 e. The second-order valence-electron chi connectivity index (χ2n) is 7.09. The zero-order valence-electron chi connectivity index (χ0n) is 16.1. The summed E-state index contributed by atoms with van der Waals surface area (Å²) in [7, 11) is 0. The van der Waals surface area contributed by atoms with Crippen LogP contribution in [0.4, 0.5) is 5.69 Å². The van der Waals surface area contributed by atoms with E-state index in [1.807, 2.05) is 11.8 Å². The molecule has 3 aliphatic heterocycles. The van der Waals surface area contributed by atoms with Crippen molar-refractivity contribution in [2.45, 2.75) is 25.7 Å². The van der Waals surface area contributed by atoms with Gasteiger partial charge in [0.15, 0.2) is 5.17 Å². The van der Waals surface area contributed by atoms with Gasteiger partial charge in [-0.3, -0.25) is 9.80 Å². The molecule has 0 N–H and O–H groups in total. The first-order valence-electron chi connectivity index (χ1n) is 10.1. The smallest absolute Gasteiger partial charge is 0.166 e. The molecule has 1 aromatic rings. The Hall–Kier alpha value is -1.12. The molecule has 0 aromatic heterocycles. The highest BCUT2D eigenvalue weighted by atomic mass is 32.2. The molecule has 0 saturated carbocycles. The summed E-state index contributed by atoms with van der Waals surface area (Å²) in [5.74, 6) is 1.09. The average molecular weight is 391 g/mol. The van der Waals surface area contributed by atoms with Crippen LogP contribution < -0.4 is 4.90 Å². The van der Waals surface area contributed by atoms with E-state index in [-0.39, 0.29) is 12.3 Å². The highest BCUT2D eigenvalue weighted by Gasteiger charge is 2.44. The number of aliphatic imine (C=N–C) groups is 1. The molecule has 2 fully saturated rings. The van der Waals surface area contributed by atoms with Crippen LogP contribution in [0.3, 0.4) is 0 Å². The molecule has 0 amide bonds. The highest BCUT2D eigenvalue weighted by Crippen LogP contribution is 2.34. The van der Waals surface area contributed by atoms with Gasteiger partial charge in [0.2, 0.25) is 0 Å². The standard InChI is InChI=1S/C20H30N4O2S/c1-2-16-27-20-21-18(22-8-12-25-13-9-22)19(23-10-14-26-15-11-23)24(20)17-6-4-3-5-7-17/h3-7,18-19H,2,8-16H2,1H3/t18-,19+/m0/s1. The van der Waals surface area contributed by atoms with E-state index >= 15 is 0 Å². The van der Waals surface area contributed by atoms with Crippen molar-refractivity contribution < 1.29 is 9.47 Å². The molecule has 3 heterocycles. The summed E-state index contributed by atoms with van der Waals surface area (Å²) in [6, 6.07) is 10.7. The van der Waals surface area contributed by atoms with Crippen molar-refractivity contribution in [2.24, 2.45) is 4.99 Å². The number of hydrogen-bond acceptors (Lipinski definition) is 7. The van der Waals surface area contributed by atoms with Gasteiger partial charge in [0, 0.05) is 37.6 Å². The first-order valence-corrected chi connectivity index (χ1v) is 11.1. The molecule has 1 aromatic carbocycles. The van der Waals surface area contributed by atoms with Gasteiger partial charge in [0.25, 0.3) is 0 Å². The average Bonchev–Trinajstić information content (AvgIpc) is 3.13. The molecule has 0 spiro atoms. The first-order chi connectivity index (χ1) is 13.4. The minimum atomic E-state index is 0.145. The Balaban J connectivity index is 1.67. The summed E-state index contributed by atoms with van der Waals surface area (Å²) < 4.78 is 11.2. The van der Waals surface area contributed by atoms with Gasteiger partial charge in [-0.1, -0.05) is 36.9 Å². The molecule has 7 heteroatoms. The van der Waals surface area contributed by atoms with Crippen LogP contribution in [0.5, 0.6) is 0 Å². The Morgan fingerprint density at radius 1 is 0.963 bits per heavy atom. The molecule has 0 unspecified atom stereocenters. The fourth-order valence-corrected chi connectivity index (χ4v) is 4.87. The van der Waals surface area contributed by atoms with E-state index in [4.69, 9.17) is 14.5 Å². The van der Waals surface area contributed by atoms with Crippen molar-refractivity contribution >= 4 is 22.6 Å². The molecule has 2 atom stereocenters. The normalized spacial score (nSPS) is 27.7. The molecule has 4 rings (SSSR count). The van der Waals surface area contributed by atoms with E-state index < -0.39 is 0 Å². The third kappa shape index (κ3) is 4.32. The molecule has 0 radical (unpaired) electrons.